The average Bonchev–Trinajstić information content (AvgIpc) is 2.41. The van der Waals surface area contributed by atoms with E-state index in [1.807, 2.05) is 24.1 Å². The van der Waals surface area contributed by atoms with Crippen molar-refractivity contribution in [2.75, 3.05) is 7.05 Å². The van der Waals surface area contributed by atoms with Crippen LogP contribution < -0.4 is 0 Å². The zero-order valence-corrected chi connectivity index (χ0v) is 13.7. The Bertz CT molecular complexity index is 477. The highest BCUT2D eigenvalue weighted by Gasteiger charge is 2.29. The van der Waals surface area contributed by atoms with Crippen molar-refractivity contribution in [1.82, 2.24) is 4.90 Å². The van der Waals surface area contributed by atoms with Gasteiger partial charge in [-0.05, 0) is 46.8 Å². The number of carbonyl (C=O) groups is 1. The van der Waals surface area contributed by atoms with Gasteiger partial charge in [0.05, 0.1) is 10.6 Å². The smallest absolute Gasteiger partial charge is 0.255 e. The molecule has 0 aromatic heterocycles. The molecule has 1 aliphatic carbocycles. The molecule has 1 aromatic rings. The maximum atomic E-state index is 12.6. The Morgan fingerprint density at radius 3 is 2.74 bits per heavy atom. The molecule has 0 bridgehead atoms. The predicted octanol–water partition coefficient (Wildman–Crippen LogP) is 4.75. The number of amides is 1. The summed E-state index contributed by atoms with van der Waals surface area (Å²) in [5.41, 5.74) is 0.580. The van der Waals surface area contributed by atoms with Crippen LogP contribution in [0.25, 0.3) is 0 Å². The van der Waals surface area contributed by atoms with Crippen LogP contribution in [0.2, 0.25) is 5.02 Å². The minimum Gasteiger partial charge on any atom is -0.338 e. The standard InChI is InChI=1S/C15H19BrClNO/c1-10-6-3-4-9-13(10)18(2)15(19)11-7-5-8-12(16)14(11)17/h5,7-8,10,13H,3-4,6,9H2,1-2H3. The van der Waals surface area contributed by atoms with E-state index < -0.39 is 0 Å². The van der Waals surface area contributed by atoms with Gasteiger partial charge in [-0.3, -0.25) is 4.79 Å². The SMILES string of the molecule is CC1CCCCC1N(C)C(=O)c1cccc(Br)c1Cl. The lowest BCUT2D eigenvalue weighted by molar-refractivity contribution is 0.0629. The van der Waals surface area contributed by atoms with Gasteiger partial charge in [0.15, 0.2) is 0 Å². The van der Waals surface area contributed by atoms with Crippen molar-refractivity contribution in [1.29, 1.82) is 0 Å². The van der Waals surface area contributed by atoms with Crippen LogP contribution in [0.1, 0.15) is 43.0 Å². The molecule has 0 aliphatic heterocycles. The first-order valence-electron chi connectivity index (χ1n) is 6.73. The first-order chi connectivity index (χ1) is 9.02. The van der Waals surface area contributed by atoms with Gasteiger partial charge in [0.1, 0.15) is 0 Å². The van der Waals surface area contributed by atoms with Crippen molar-refractivity contribution < 1.29 is 4.79 Å². The number of hydrogen-bond acceptors (Lipinski definition) is 1. The number of carbonyl (C=O) groups excluding carboxylic acids is 1. The topological polar surface area (TPSA) is 20.3 Å². The molecule has 4 heteroatoms. The zero-order chi connectivity index (χ0) is 14.0. The number of benzene rings is 1. The van der Waals surface area contributed by atoms with Crippen LogP contribution in [0.3, 0.4) is 0 Å². The minimum atomic E-state index is 0.0186. The lowest BCUT2D eigenvalue weighted by Crippen LogP contribution is -2.42. The summed E-state index contributed by atoms with van der Waals surface area (Å²) >= 11 is 9.58. The molecule has 1 aromatic carbocycles. The first kappa shape index (κ1) is 14.9. The largest absolute Gasteiger partial charge is 0.338 e. The van der Waals surface area contributed by atoms with Gasteiger partial charge in [0.2, 0.25) is 0 Å². The molecule has 1 fully saturated rings. The monoisotopic (exact) mass is 343 g/mol. The van der Waals surface area contributed by atoms with E-state index in [9.17, 15) is 4.79 Å². The third-order valence-corrected chi connectivity index (χ3v) is 5.36. The van der Waals surface area contributed by atoms with Crippen LogP contribution in [0, 0.1) is 5.92 Å². The summed E-state index contributed by atoms with van der Waals surface area (Å²) in [6.07, 6.45) is 4.78. The summed E-state index contributed by atoms with van der Waals surface area (Å²) in [4.78, 5) is 14.5. The predicted molar refractivity (Wildman–Crippen MR) is 82.7 cm³/mol. The van der Waals surface area contributed by atoms with Crippen LogP contribution in [-0.2, 0) is 0 Å². The van der Waals surface area contributed by atoms with Crippen molar-refractivity contribution in [3.8, 4) is 0 Å². The Kier molecular flexibility index (Phi) is 4.91. The average molecular weight is 345 g/mol. The van der Waals surface area contributed by atoms with Crippen molar-refractivity contribution in [3.05, 3.63) is 33.3 Å². The van der Waals surface area contributed by atoms with Crippen LogP contribution >= 0.6 is 27.5 Å². The quantitative estimate of drug-likeness (QED) is 0.758. The second-order valence-electron chi connectivity index (χ2n) is 5.35. The van der Waals surface area contributed by atoms with Crippen LogP contribution in [-0.4, -0.2) is 23.9 Å². The van der Waals surface area contributed by atoms with Crippen molar-refractivity contribution in [2.45, 2.75) is 38.6 Å². The third kappa shape index (κ3) is 3.14. The number of rotatable bonds is 2. The maximum Gasteiger partial charge on any atom is 0.255 e. The molecule has 0 N–H and O–H groups in total. The van der Waals surface area contributed by atoms with Crippen LogP contribution in [0.15, 0.2) is 22.7 Å². The summed E-state index contributed by atoms with van der Waals surface area (Å²) in [7, 11) is 1.89. The fraction of sp³-hybridized carbons (Fsp3) is 0.533. The number of hydrogen-bond donors (Lipinski definition) is 0. The Balaban J connectivity index is 2.21. The van der Waals surface area contributed by atoms with Gasteiger partial charge in [-0.15, -0.1) is 0 Å². The van der Waals surface area contributed by atoms with Crippen LogP contribution in [0.4, 0.5) is 0 Å². The Morgan fingerprint density at radius 2 is 2.05 bits per heavy atom. The van der Waals surface area contributed by atoms with Gasteiger partial charge in [-0.2, -0.15) is 0 Å². The molecule has 1 saturated carbocycles. The second kappa shape index (κ2) is 6.27. The van der Waals surface area contributed by atoms with E-state index in [1.165, 1.54) is 19.3 Å². The molecule has 0 saturated heterocycles. The molecule has 2 rings (SSSR count). The molecular formula is C15H19BrClNO. The van der Waals surface area contributed by atoms with Crippen LogP contribution in [0.5, 0.6) is 0 Å². The summed E-state index contributed by atoms with van der Waals surface area (Å²) < 4.78 is 0.769. The van der Waals surface area contributed by atoms with Gasteiger partial charge in [-0.25, -0.2) is 0 Å². The molecule has 0 radical (unpaired) electrons. The highest BCUT2D eigenvalue weighted by molar-refractivity contribution is 9.10. The lowest BCUT2D eigenvalue weighted by Gasteiger charge is -2.36. The maximum absolute atomic E-state index is 12.6. The molecule has 2 unspecified atom stereocenters. The van der Waals surface area contributed by atoms with Gasteiger partial charge < -0.3 is 4.90 Å². The third-order valence-electron chi connectivity index (χ3n) is 4.07. The zero-order valence-electron chi connectivity index (χ0n) is 11.3. The fourth-order valence-electron chi connectivity index (χ4n) is 2.88. The number of halogens is 2. The van der Waals surface area contributed by atoms with Gasteiger partial charge in [0, 0.05) is 17.6 Å². The van der Waals surface area contributed by atoms with E-state index in [4.69, 9.17) is 11.6 Å². The highest BCUT2D eigenvalue weighted by atomic mass is 79.9. The lowest BCUT2D eigenvalue weighted by atomic mass is 9.85. The molecule has 0 spiro atoms. The molecule has 1 aliphatic rings. The molecule has 2 atom stereocenters. The van der Waals surface area contributed by atoms with Crippen molar-refractivity contribution >= 4 is 33.4 Å². The van der Waals surface area contributed by atoms with Crippen molar-refractivity contribution in [2.24, 2.45) is 5.92 Å². The van der Waals surface area contributed by atoms with Crippen molar-refractivity contribution in [3.63, 3.8) is 0 Å². The Hall–Kier alpha value is -0.540. The van der Waals surface area contributed by atoms with Gasteiger partial charge in [-0.1, -0.05) is 37.4 Å². The second-order valence-corrected chi connectivity index (χ2v) is 6.58. The molecule has 104 valence electrons. The number of nitrogens with zero attached hydrogens (tertiary/aromatic N) is 1. The first-order valence-corrected chi connectivity index (χ1v) is 7.90. The Morgan fingerprint density at radius 1 is 1.37 bits per heavy atom. The minimum absolute atomic E-state index is 0.0186. The molecule has 1 amide bonds. The van der Waals surface area contributed by atoms with Gasteiger partial charge in [0.25, 0.3) is 5.91 Å². The van der Waals surface area contributed by atoms with E-state index in [1.54, 1.807) is 6.07 Å². The summed E-state index contributed by atoms with van der Waals surface area (Å²) in [5.74, 6) is 0.582. The van der Waals surface area contributed by atoms with E-state index in [0.717, 1.165) is 10.9 Å². The van der Waals surface area contributed by atoms with Gasteiger partial charge >= 0.3 is 0 Å². The fourth-order valence-corrected chi connectivity index (χ4v) is 3.45. The van der Waals surface area contributed by atoms with E-state index in [-0.39, 0.29) is 5.91 Å². The van der Waals surface area contributed by atoms with E-state index in [0.29, 0.717) is 22.5 Å². The molecule has 19 heavy (non-hydrogen) atoms. The summed E-state index contributed by atoms with van der Waals surface area (Å²) in [6, 6.07) is 5.82. The highest BCUT2D eigenvalue weighted by Crippen LogP contribution is 2.31. The van der Waals surface area contributed by atoms with E-state index in [2.05, 4.69) is 22.9 Å². The normalized spacial score (nSPS) is 23.2. The molecular weight excluding hydrogens is 326 g/mol. The van der Waals surface area contributed by atoms with E-state index >= 15 is 0 Å². The molecule has 2 nitrogen and oxygen atoms in total. The Labute approximate surface area is 128 Å². The molecule has 0 heterocycles. The summed E-state index contributed by atoms with van der Waals surface area (Å²) in [6.45, 7) is 2.23. The summed E-state index contributed by atoms with van der Waals surface area (Å²) in [5, 5.41) is 0.503.